The zero-order valence-electron chi connectivity index (χ0n) is 22.0. The summed E-state index contributed by atoms with van der Waals surface area (Å²) in [4.78, 5) is 54.5. The van der Waals surface area contributed by atoms with Crippen LogP contribution in [0.3, 0.4) is 0 Å². The molecule has 0 saturated carbocycles. The van der Waals surface area contributed by atoms with Gasteiger partial charge in [-0.15, -0.1) is 10.1 Å². The van der Waals surface area contributed by atoms with Gasteiger partial charge >= 0.3 is 12.1 Å². The van der Waals surface area contributed by atoms with Crippen LogP contribution in [-0.2, 0) is 20.9 Å². The normalized spacial score (nSPS) is 15.8. The molecular formula is C25H33FN4O8. The van der Waals surface area contributed by atoms with Crippen molar-refractivity contribution in [1.29, 1.82) is 0 Å². The van der Waals surface area contributed by atoms with Gasteiger partial charge in [0.15, 0.2) is 0 Å². The van der Waals surface area contributed by atoms with E-state index in [0.717, 1.165) is 6.07 Å². The summed E-state index contributed by atoms with van der Waals surface area (Å²) in [6.45, 7) is 8.41. The fourth-order valence-electron chi connectivity index (χ4n) is 4.20. The summed E-state index contributed by atoms with van der Waals surface area (Å²) in [6, 6.07) is 1.97. The van der Waals surface area contributed by atoms with Crippen LogP contribution in [0.1, 0.15) is 62.5 Å². The molecule has 2 aromatic rings. The second kappa shape index (κ2) is 12.2. The summed E-state index contributed by atoms with van der Waals surface area (Å²) >= 11 is 0. The number of piperazine rings is 1. The lowest BCUT2D eigenvalue weighted by molar-refractivity contribution is -0.757. The Balaban J connectivity index is 1.89. The number of aryl methyl sites for hydroxylation is 1. The molecule has 1 saturated heterocycles. The van der Waals surface area contributed by atoms with Crippen molar-refractivity contribution in [2.45, 2.75) is 58.7 Å². The summed E-state index contributed by atoms with van der Waals surface area (Å²) < 4.78 is 27.8. The third-order valence-corrected chi connectivity index (χ3v) is 5.96. The highest BCUT2D eigenvalue weighted by molar-refractivity contribution is 5.94. The fourth-order valence-corrected chi connectivity index (χ4v) is 4.20. The quantitative estimate of drug-likeness (QED) is 0.221. The third-order valence-electron chi connectivity index (χ3n) is 5.96. The number of pyridine rings is 1. The number of carbonyl (C=O) groups is 2. The molecule has 13 heteroatoms. The Morgan fingerprint density at radius 3 is 2.61 bits per heavy atom. The molecule has 1 N–H and O–H groups in total. The third kappa shape index (κ3) is 6.97. The number of benzene rings is 1. The number of ether oxygens (including phenoxy) is 2. The molecule has 1 aliphatic heterocycles. The van der Waals surface area contributed by atoms with E-state index in [1.807, 2.05) is 6.92 Å². The van der Waals surface area contributed by atoms with Gasteiger partial charge in [0, 0.05) is 43.3 Å². The molecule has 0 bridgehead atoms. The number of unbranched alkanes of at least 4 members (excludes halogenated alkanes) is 1. The van der Waals surface area contributed by atoms with Crippen molar-refractivity contribution < 1.29 is 33.4 Å². The van der Waals surface area contributed by atoms with Crippen molar-refractivity contribution in [1.82, 2.24) is 14.8 Å². The number of hydrogen-bond donors (Lipinski definition) is 1. The van der Waals surface area contributed by atoms with E-state index >= 15 is 4.39 Å². The molecule has 208 valence electrons. The minimum Gasteiger partial charge on any atom is -0.462 e. The van der Waals surface area contributed by atoms with E-state index < -0.39 is 40.0 Å². The van der Waals surface area contributed by atoms with Gasteiger partial charge in [-0.1, -0.05) is 0 Å². The van der Waals surface area contributed by atoms with Crippen LogP contribution < -0.4 is 10.7 Å². The maximum atomic E-state index is 15.5. The van der Waals surface area contributed by atoms with Crippen LogP contribution in [0.25, 0.3) is 10.9 Å². The Hall–Kier alpha value is -3.74. The highest BCUT2D eigenvalue weighted by atomic mass is 19.1. The van der Waals surface area contributed by atoms with Gasteiger partial charge in [0.2, 0.25) is 5.43 Å². The first kappa shape index (κ1) is 28.8. The number of aromatic nitrogens is 1. The maximum Gasteiger partial charge on any atom is 0.410 e. The van der Waals surface area contributed by atoms with Crippen LogP contribution in [-0.4, -0.2) is 65.1 Å². The lowest BCUT2D eigenvalue weighted by Gasteiger charge is -2.37. The van der Waals surface area contributed by atoms with Crippen LogP contribution >= 0.6 is 0 Å². The second-order valence-corrected chi connectivity index (χ2v) is 9.84. The molecule has 1 aromatic heterocycles. The molecule has 1 unspecified atom stereocenters. The van der Waals surface area contributed by atoms with Crippen molar-refractivity contribution in [2.24, 2.45) is 0 Å². The van der Waals surface area contributed by atoms with Crippen LogP contribution in [0.2, 0.25) is 0 Å². The summed E-state index contributed by atoms with van der Waals surface area (Å²) in [5.74, 6) is -1.55. The number of hydrogen-bond acceptors (Lipinski definition) is 9. The SMILES string of the molecule is CCn1cc(C(=O)OCCCCO[N+](=O)[O-])c(=O)c2cc(F)c(C3CNCCN3C(=O)OC(C)(C)C)cc21. The number of halogens is 1. The van der Waals surface area contributed by atoms with E-state index in [4.69, 9.17) is 9.47 Å². The topological polar surface area (TPSA) is 142 Å². The highest BCUT2D eigenvalue weighted by Gasteiger charge is 2.33. The van der Waals surface area contributed by atoms with Gasteiger partial charge in [0.25, 0.3) is 5.09 Å². The van der Waals surface area contributed by atoms with Gasteiger partial charge < -0.3 is 24.2 Å². The summed E-state index contributed by atoms with van der Waals surface area (Å²) in [7, 11) is 0. The molecule has 0 spiro atoms. The lowest BCUT2D eigenvalue weighted by Crippen LogP contribution is -2.50. The first-order valence-electron chi connectivity index (χ1n) is 12.4. The van der Waals surface area contributed by atoms with Gasteiger partial charge in [0.05, 0.1) is 24.8 Å². The first-order chi connectivity index (χ1) is 17.9. The van der Waals surface area contributed by atoms with Gasteiger partial charge in [-0.05, 0) is 52.7 Å². The van der Waals surface area contributed by atoms with E-state index in [9.17, 15) is 24.5 Å². The average Bonchev–Trinajstić information content (AvgIpc) is 2.85. The first-order valence-corrected chi connectivity index (χ1v) is 12.4. The number of nitrogens with one attached hydrogen (secondary N) is 1. The van der Waals surface area contributed by atoms with E-state index in [-0.39, 0.29) is 36.1 Å². The van der Waals surface area contributed by atoms with Gasteiger partial charge in [-0.3, -0.25) is 9.69 Å². The molecular weight excluding hydrogens is 503 g/mol. The number of carbonyl (C=O) groups excluding carboxylic acids is 2. The van der Waals surface area contributed by atoms with Crippen LogP contribution in [0.15, 0.2) is 23.1 Å². The monoisotopic (exact) mass is 536 g/mol. The van der Waals surface area contributed by atoms with E-state index in [0.29, 0.717) is 38.1 Å². The van der Waals surface area contributed by atoms with Crippen LogP contribution in [0.4, 0.5) is 9.18 Å². The van der Waals surface area contributed by atoms with E-state index in [1.165, 1.54) is 17.2 Å². The zero-order chi connectivity index (χ0) is 28.0. The van der Waals surface area contributed by atoms with Crippen molar-refractivity contribution in [3.63, 3.8) is 0 Å². The lowest BCUT2D eigenvalue weighted by atomic mass is 9.99. The molecule has 0 radical (unpaired) electrons. The molecule has 3 rings (SSSR count). The predicted octanol–water partition coefficient (Wildman–Crippen LogP) is 3.19. The standard InChI is InChI=1S/C25H33FN4O8/c1-5-28-15-18(23(32)36-10-6-7-11-37-30(34)35)22(31)17-12-19(26)16(13-20(17)28)21-14-27-8-9-29(21)24(33)38-25(2,3)4/h12-13,15,21,27H,5-11,14H2,1-4H3. The van der Waals surface area contributed by atoms with Gasteiger partial charge in [-0.2, -0.15) is 0 Å². The Labute approximate surface area is 218 Å². The molecule has 12 nitrogen and oxygen atoms in total. The number of rotatable bonds is 9. The highest BCUT2D eigenvalue weighted by Crippen LogP contribution is 2.29. The molecule has 1 aliphatic rings. The molecule has 0 aliphatic carbocycles. The van der Waals surface area contributed by atoms with Crippen molar-refractivity contribution >= 4 is 23.0 Å². The molecule has 38 heavy (non-hydrogen) atoms. The zero-order valence-corrected chi connectivity index (χ0v) is 22.0. The average molecular weight is 537 g/mol. The summed E-state index contributed by atoms with van der Waals surface area (Å²) in [5.41, 5.74) is -1.00. The largest absolute Gasteiger partial charge is 0.462 e. The summed E-state index contributed by atoms with van der Waals surface area (Å²) in [6.07, 6.45) is 1.40. The molecule has 1 aromatic carbocycles. The smallest absolute Gasteiger partial charge is 0.410 e. The Kier molecular flexibility index (Phi) is 9.26. The van der Waals surface area contributed by atoms with Gasteiger partial charge in [0.1, 0.15) is 17.0 Å². The summed E-state index contributed by atoms with van der Waals surface area (Å²) in [5, 5.41) is 12.4. The van der Waals surface area contributed by atoms with Crippen LogP contribution in [0.5, 0.6) is 0 Å². The van der Waals surface area contributed by atoms with Gasteiger partial charge in [-0.25, -0.2) is 14.0 Å². The van der Waals surface area contributed by atoms with Crippen molar-refractivity contribution in [3.8, 4) is 0 Å². The Bertz CT molecular complexity index is 1260. The van der Waals surface area contributed by atoms with Crippen molar-refractivity contribution in [2.75, 3.05) is 32.8 Å². The molecule has 1 amide bonds. The number of amides is 1. The fraction of sp³-hybridized carbons (Fsp3) is 0.560. The minimum absolute atomic E-state index is 0.00881. The van der Waals surface area contributed by atoms with Crippen LogP contribution in [0, 0.1) is 15.9 Å². The maximum absolute atomic E-state index is 15.5. The predicted molar refractivity (Wildman–Crippen MR) is 135 cm³/mol. The van der Waals surface area contributed by atoms with E-state index in [1.54, 1.807) is 25.3 Å². The number of fused-ring (bicyclic) bond motifs is 1. The van der Waals surface area contributed by atoms with Crippen molar-refractivity contribution in [3.05, 3.63) is 55.6 Å². The second-order valence-electron chi connectivity index (χ2n) is 9.84. The Morgan fingerprint density at radius 2 is 1.95 bits per heavy atom. The minimum atomic E-state index is -0.904. The molecule has 1 atom stereocenters. The van der Waals surface area contributed by atoms with E-state index in [2.05, 4.69) is 10.2 Å². The number of esters is 1. The number of nitrogens with zero attached hydrogens (tertiary/aromatic N) is 3. The molecule has 1 fully saturated rings. The Morgan fingerprint density at radius 1 is 1.24 bits per heavy atom. The molecule has 2 heterocycles.